The van der Waals surface area contributed by atoms with Crippen LogP contribution in [0.3, 0.4) is 0 Å². The van der Waals surface area contributed by atoms with Crippen molar-refractivity contribution in [2.45, 2.75) is 25.0 Å². The van der Waals surface area contributed by atoms with Crippen molar-refractivity contribution < 1.29 is 24.2 Å². The predicted octanol–water partition coefficient (Wildman–Crippen LogP) is 3.30. The maximum atomic E-state index is 12.8. The predicted molar refractivity (Wildman–Crippen MR) is 94.1 cm³/mol. The number of amides is 1. The molecule has 0 aliphatic carbocycles. The van der Waals surface area contributed by atoms with Gasteiger partial charge in [0.2, 0.25) is 5.91 Å². The molecule has 1 amide bonds. The van der Waals surface area contributed by atoms with Gasteiger partial charge >= 0.3 is 5.97 Å². The quantitative estimate of drug-likeness (QED) is 0.861. The molecule has 2 aliphatic heterocycles. The number of carboxylic acids is 1. The van der Waals surface area contributed by atoms with Crippen LogP contribution in [0.2, 0.25) is 0 Å². The summed E-state index contributed by atoms with van der Waals surface area (Å²) in [6.07, 6.45) is 0.709. The van der Waals surface area contributed by atoms with Crippen LogP contribution < -0.4 is 10.1 Å². The molecule has 4 atom stereocenters. The summed E-state index contributed by atoms with van der Waals surface area (Å²) in [5, 5.41) is 12.3. The summed E-state index contributed by atoms with van der Waals surface area (Å²) < 4.78 is 11.5. The number of hydrogen-bond acceptors (Lipinski definition) is 4. The van der Waals surface area contributed by atoms with Crippen LogP contribution in [0.4, 0.5) is 5.69 Å². The lowest BCUT2D eigenvalue weighted by atomic mass is 9.78. The number of fused-ring (bicyclic) bond motifs is 2. The minimum atomic E-state index is -0.980. The van der Waals surface area contributed by atoms with Crippen LogP contribution in [0, 0.1) is 11.8 Å². The van der Waals surface area contributed by atoms with Gasteiger partial charge in [0, 0.05) is 0 Å². The lowest BCUT2D eigenvalue weighted by Crippen LogP contribution is -2.40. The van der Waals surface area contributed by atoms with Gasteiger partial charge < -0.3 is 19.9 Å². The smallest absolute Gasteiger partial charge is 0.310 e. The Labute approximate surface area is 150 Å². The Bertz CT molecular complexity index is 822. The minimum absolute atomic E-state index is 0.330. The largest absolute Gasteiger partial charge is 0.481 e. The van der Waals surface area contributed by atoms with E-state index in [1.54, 1.807) is 18.2 Å². The van der Waals surface area contributed by atoms with Gasteiger partial charge in [-0.15, -0.1) is 0 Å². The molecule has 2 aliphatic rings. The Kier molecular flexibility index (Phi) is 4.34. The average molecular weight is 353 g/mol. The highest BCUT2D eigenvalue weighted by Gasteiger charge is 2.55. The highest BCUT2D eigenvalue weighted by atomic mass is 16.5. The first-order valence-electron chi connectivity index (χ1n) is 8.64. The van der Waals surface area contributed by atoms with Gasteiger partial charge in [-0.3, -0.25) is 9.59 Å². The van der Waals surface area contributed by atoms with Gasteiger partial charge in [0.1, 0.15) is 5.75 Å². The summed E-state index contributed by atoms with van der Waals surface area (Å²) >= 11 is 0. The van der Waals surface area contributed by atoms with Crippen molar-refractivity contribution in [2.75, 3.05) is 5.32 Å². The summed E-state index contributed by atoms with van der Waals surface area (Å²) in [6, 6.07) is 16.4. The van der Waals surface area contributed by atoms with Crippen LogP contribution in [-0.2, 0) is 14.3 Å². The van der Waals surface area contributed by atoms with Gasteiger partial charge in [-0.25, -0.2) is 0 Å². The monoisotopic (exact) mass is 353 g/mol. The van der Waals surface area contributed by atoms with Gasteiger partial charge in [0.05, 0.1) is 29.7 Å². The summed E-state index contributed by atoms with van der Waals surface area (Å²) in [6.45, 7) is 0. The summed E-state index contributed by atoms with van der Waals surface area (Å²) in [5.74, 6) is -1.64. The molecule has 2 aromatic rings. The third-order valence-corrected chi connectivity index (χ3v) is 4.98. The number of benzene rings is 2. The van der Waals surface area contributed by atoms with Crippen LogP contribution in [-0.4, -0.2) is 29.2 Å². The molecular weight excluding hydrogens is 334 g/mol. The first-order chi connectivity index (χ1) is 12.6. The lowest BCUT2D eigenvalue weighted by molar-refractivity contribution is -0.147. The van der Waals surface area contributed by atoms with Crippen LogP contribution in [0.15, 0.2) is 54.6 Å². The number of carbonyl (C=O) groups is 2. The highest BCUT2D eigenvalue weighted by Crippen LogP contribution is 2.44. The first-order valence-corrected chi connectivity index (χ1v) is 8.64. The Hall–Kier alpha value is -2.86. The molecule has 2 bridgehead atoms. The van der Waals surface area contributed by atoms with Crippen molar-refractivity contribution in [1.29, 1.82) is 0 Å². The molecule has 2 N–H and O–H groups in total. The van der Waals surface area contributed by atoms with Crippen LogP contribution in [0.25, 0.3) is 0 Å². The zero-order valence-electron chi connectivity index (χ0n) is 14.0. The molecule has 26 heavy (non-hydrogen) atoms. The SMILES string of the molecule is O=C(Nc1ccccc1Oc1ccccc1)[C@@H]1[C@H](C(=O)O)[C@H]2CC[C@H]1O2. The fourth-order valence-corrected chi connectivity index (χ4v) is 3.82. The Morgan fingerprint density at radius 2 is 1.62 bits per heavy atom. The maximum Gasteiger partial charge on any atom is 0.310 e. The molecule has 0 spiro atoms. The van der Waals surface area contributed by atoms with Crippen molar-refractivity contribution >= 4 is 17.6 Å². The van der Waals surface area contributed by atoms with Crippen molar-refractivity contribution in [3.63, 3.8) is 0 Å². The second-order valence-corrected chi connectivity index (χ2v) is 6.58. The van der Waals surface area contributed by atoms with Crippen LogP contribution >= 0.6 is 0 Å². The molecule has 2 heterocycles. The summed E-state index contributed by atoms with van der Waals surface area (Å²) in [4.78, 5) is 24.4. The van der Waals surface area contributed by atoms with E-state index >= 15 is 0 Å². The van der Waals surface area contributed by atoms with E-state index in [0.717, 1.165) is 0 Å². The van der Waals surface area contributed by atoms with Crippen molar-refractivity contribution in [3.05, 3.63) is 54.6 Å². The highest BCUT2D eigenvalue weighted by molar-refractivity contribution is 5.97. The Morgan fingerprint density at radius 1 is 0.962 bits per heavy atom. The molecule has 0 unspecified atom stereocenters. The standard InChI is InChI=1S/C20H19NO5/c22-19(17-15-10-11-16(26-15)18(17)20(23)24)21-13-8-4-5-9-14(13)25-12-6-2-1-3-7-12/h1-9,15-18H,10-11H2,(H,21,22)(H,23,24)/t15-,16-,17+,18-/m1/s1. The normalized spacial score (nSPS) is 26.5. The number of hydrogen-bond donors (Lipinski definition) is 2. The number of carboxylic acid groups (broad SMARTS) is 1. The molecule has 2 fully saturated rings. The van der Waals surface area contributed by atoms with E-state index < -0.39 is 17.8 Å². The summed E-state index contributed by atoms with van der Waals surface area (Å²) in [7, 11) is 0. The number of rotatable bonds is 5. The molecule has 0 radical (unpaired) electrons. The minimum Gasteiger partial charge on any atom is -0.481 e. The maximum absolute atomic E-state index is 12.8. The molecule has 2 saturated heterocycles. The third kappa shape index (κ3) is 3.04. The zero-order valence-corrected chi connectivity index (χ0v) is 14.0. The third-order valence-electron chi connectivity index (χ3n) is 4.98. The van der Waals surface area contributed by atoms with E-state index in [1.807, 2.05) is 36.4 Å². The van der Waals surface area contributed by atoms with Crippen molar-refractivity contribution in [1.82, 2.24) is 0 Å². The molecule has 2 aromatic carbocycles. The molecule has 6 nitrogen and oxygen atoms in total. The number of nitrogens with one attached hydrogen (secondary N) is 1. The van der Waals surface area contributed by atoms with Gasteiger partial charge in [-0.1, -0.05) is 30.3 Å². The zero-order chi connectivity index (χ0) is 18.1. The number of aliphatic carboxylic acids is 1. The van der Waals surface area contributed by atoms with E-state index in [4.69, 9.17) is 9.47 Å². The van der Waals surface area contributed by atoms with Crippen molar-refractivity contribution in [2.24, 2.45) is 11.8 Å². The van der Waals surface area contributed by atoms with Gasteiger partial charge in [-0.05, 0) is 37.1 Å². The van der Waals surface area contributed by atoms with Gasteiger partial charge in [0.15, 0.2) is 5.75 Å². The Balaban J connectivity index is 1.54. The van der Waals surface area contributed by atoms with Crippen molar-refractivity contribution in [3.8, 4) is 11.5 Å². The van der Waals surface area contributed by atoms with E-state index in [1.165, 1.54) is 0 Å². The van der Waals surface area contributed by atoms with E-state index in [0.29, 0.717) is 30.0 Å². The molecule has 4 rings (SSSR count). The lowest BCUT2D eigenvalue weighted by Gasteiger charge is -2.24. The van der Waals surface area contributed by atoms with E-state index in [2.05, 4.69) is 5.32 Å². The number of ether oxygens (including phenoxy) is 2. The van der Waals surface area contributed by atoms with Gasteiger partial charge in [0.25, 0.3) is 0 Å². The first kappa shape index (κ1) is 16.6. The van der Waals surface area contributed by atoms with Crippen LogP contribution in [0.1, 0.15) is 12.8 Å². The molecule has 134 valence electrons. The number of anilines is 1. The average Bonchev–Trinajstić information content (AvgIpc) is 3.25. The van der Waals surface area contributed by atoms with E-state index in [-0.39, 0.29) is 18.1 Å². The topological polar surface area (TPSA) is 84.9 Å². The van der Waals surface area contributed by atoms with Gasteiger partial charge in [-0.2, -0.15) is 0 Å². The molecular formula is C20H19NO5. The molecule has 0 saturated carbocycles. The summed E-state index contributed by atoms with van der Waals surface area (Å²) in [5.41, 5.74) is 0.508. The fraction of sp³-hybridized carbons (Fsp3) is 0.300. The van der Waals surface area contributed by atoms with E-state index in [9.17, 15) is 14.7 Å². The Morgan fingerprint density at radius 3 is 2.35 bits per heavy atom. The second-order valence-electron chi connectivity index (χ2n) is 6.58. The molecule has 6 heteroatoms. The fourth-order valence-electron chi connectivity index (χ4n) is 3.82. The molecule has 0 aromatic heterocycles. The number of carbonyl (C=O) groups excluding carboxylic acids is 1. The number of para-hydroxylation sites is 3. The van der Waals surface area contributed by atoms with Crippen LogP contribution in [0.5, 0.6) is 11.5 Å². The second kappa shape index (κ2) is 6.80.